The average molecular weight is 300 g/mol. The van der Waals surface area contributed by atoms with Crippen LogP contribution in [0.15, 0.2) is 40.8 Å². The van der Waals surface area contributed by atoms with Gasteiger partial charge in [0, 0.05) is 19.5 Å². The lowest BCUT2D eigenvalue weighted by Gasteiger charge is -2.06. The summed E-state index contributed by atoms with van der Waals surface area (Å²) in [5, 5.41) is 5.54. The van der Waals surface area contributed by atoms with Crippen LogP contribution in [-0.2, 0) is 11.3 Å². The third kappa shape index (κ3) is 4.48. The lowest BCUT2D eigenvalue weighted by molar-refractivity contribution is -0.121. The Kier molecular flexibility index (Phi) is 5.36. The van der Waals surface area contributed by atoms with Gasteiger partial charge in [0.25, 0.3) is 5.91 Å². The van der Waals surface area contributed by atoms with Crippen molar-refractivity contribution in [3.05, 3.63) is 59.0 Å². The van der Waals surface area contributed by atoms with Crippen molar-refractivity contribution in [1.29, 1.82) is 0 Å². The van der Waals surface area contributed by atoms with Gasteiger partial charge in [-0.15, -0.1) is 0 Å². The van der Waals surface area contributed by atoms with E-state index < -0.39 is 0 Å². The van der Waals surface area contributed by atoms with Gasteiger partial charge in [0.15, 0.2) is 0 Å². The lowest BCUT2D eigenvalue weighted by atomic mass is 10.2. The second-order valence-electron chi connectivity index (χ2n) is 5.10. The molecule has 0 aliphatic heterocycles. The van der Waals surface area contributed by atoms with E-state index in [1.165, 1.54) is 0 Å². The van der Waals surface area contributed by atoms with Crippen molar-refractivity contribution in [3.8, 4) is 0 Å². The minimum atomic E-state index is -0.217. The van der Waals surface area contributed by atoms with Crippen LogP contribution < -0.4 is 10.6 Å². The van der Waals surface area contributed by atoms with Crippen molar-refractivity contribution in [2.45, 2.75) is 26.8 Å². The van der Waals surface area contributed by atoms with E-state index in [2.05, 4.69) is 10.6 Å². The number of hydrogen-bond acceptors (Lipinski definition) is 3. The highest BCUT2D eigenvalue weighted by molar-refractivity contribution is 5.95. The Morgan fingerprint density at radius 1 is 1.09 bits per heavy atom. The molecule has 2 N–H and O–H groups in total. The molecule has 1 aromatic carbocycles. The van der Waals surface area contributed by atoms with Crippen LogP contribution in [0.5, 0.6) is 0 Å². The van der Waals surface area contributed by atoms with Gasteiger partial charge >= 0.3 is 0 Å². The number of carbonyl (C=O) groups is 2. The summed E-state index contributed by atoms with van der Waals surface area (Å²) in [6, 6.07) is 11.4. The van der Waals surface area contributed by atoms with E-state index in [1.807, 2.05) is 30.3 Å². The summed E-state index contributed by atoms with van der Waals surface area (Å²) < 4.78 is 5.31. The SMILES string of the molecule is Cc1cc(C(=O)NCCC(=O)NCc2ccccc2)c(C)o1. The largest absolute Gasteiger partial charge is 0.466 e. The highest BCUT2D eigenvalue weighted by atomic mass is 16.3. The normalized spacial score (nSPS) is 10.3. The number of amides is 2. The molecule has 1 aromatic heterocycles. The van der Waals surface area contributed by atoms with E-state index in [0.717, 1.165) is 5.56 Å². The molecule has 0 saturated carbocycles. The predicted molar refractivity (Wildman–Crippen MR) is 83.4 cm³/mol. The van der Waals surface area contributed by atoms with Gasteiger partial charge in [-0.25, -0.2) is 0 Å². The number of hydrogen-bond donors (Lipinski definition) is 2. The molecule has 0 fully saturated rings. The fourth-order valence-corrected chi connectivity index (χ4v) is 2.13. The van der Waals surface area contributed by atoms with Crippen molar-refractivity contribution in [2.75, 3.05) is 6.54 Å². The molecule has 22 heavy (non-hydrogen) atoms. The summed E-state index contributed by atoms with van der Waals surface area (Å²) in [5.74, 6) is 0.973. The minimum absolute atomic E-state index is 0.0933. The van der Waals surface area contributed by atoms with Gasteiger partial charge in [-0.1, -0.05) is 30.3 Å². The van der Waals surface area contributed by atoms with Gasteiger partial charge in [0.2, 0.25) is 5.91 Å². The number of nitrogens with one attached hydrogen (secondary N) is 2. The Morgan fingerprint density at radius 3 is 2.45 bits per heavy atom. The summed E-state index contributed by atoms with van der Waals surface area (Å²) in [4.78, 5) is 23.7. The van der Waals surface area contributed by atoms with Crippen LogP contribution in [0.4, 0.5) is 0 Å². The zero-order valence-electron chi connectivity index (χ0n) is 12.8. The van der Waals surface area contributed by atoms with Crippen LogP contribution in [0.3, 0.4) is 0 Å². The van der Waals surface area contributed by atoms with Crippen molar-refractivity contribution in [1.82, 2.24) is 10.6 Å². The molecule has 5 nitrogen and oxygen atoms in total. The molecule has 2 rings (SSSR count). The van der Waals surface area contributed by atoms with Crippen LogP contribution in [0.25, 0.3) is 0 Å². The molecule has 0 radical (unpaired) electrons. The van der Waals surface area contributed by atoms with E-state index in [4.69, 9.17) is 4.42 Å². The Labute approximate surface area is 129 Å². The molecule has 0 atom stereocenters. The maximum Gasteiger partial charge on any atom is 0.254 e. The Morgan fingerprint density at radius 2 is 1.82 bits per heavy atom. The fourth-order valence-electron chi connectivity index (χ4n) is 2.13. The molecule has 0 saturated heterocycles. The van der Waals surface area contributed by atoms with Gasteiger partial charge in [0.1, 0.15) is 11.5 Å². The van der Waals surface area contributed by atoms with Crippen molar-refractivity contribution < 1.29 is 14.0 Å². The van der Waals surface area contributed by atoms with Gasteiger partial charge in [0.05, 0.1) is 5.56 Å². The fraction of sp³-hybridized carbons (Fsp3) is 0.294. The lowest BCUT2D eigenvalue weighted by Crippen LogP contribution is -2.30. The van der Waals surface area contributed by atoms with Gasteiger partial charge in [-0.05, 0) is 25.5 Å². The number of rotatable bonds is 6. The predicted octanol–water partition coefficient (Wildman–Crippen LogP) is 2.33. The first-order valence-corrected chi connectivity index (χ1v) is 7.22. The first-order valence-electron chi connectivity index (χ1n) is 7.22. The molecule has 0 aliphatic rings. The molecular weight excluding hydrogens is 280 g/mol. The zero-order valence-corrected chi connectivity index (χ0v) is 12.8. The summed E-state index contributed by atoms with van der Waals surface area (Å²) in [6.07, 6.45) is 0.244. The summed E-state index contributed by atoms with van der Waals surface area (Å²) in [5.41, 5.74) is 1.56. The van der Waals surface area contributed by atoms with E-state index in [1.54, 1.807) is 19.9 Å². The third-order valence-corrected chi connectivity index (χ3v) is 3.26. The minimum Gasteiger partial charge on any atom is -0.466 e. The zero-order chi connectivity index (χ0) is 15.9. The molecule has 2 amide bonds. The van der Waals surface area contributed by atoms with Gasteiger partial charge < -0.3 is 15.1 Å². The molecule has 2 aromatic rings. The number of carbonyl (C=O) groups excluding carboxylic acids is 2. The number of furan rings is 1. The van der Waals surface area contributed by atoms with E-state index in [9.17, 15) is 9.59 Å². The van der Waals surface area contributed by atoms with Crippen LogP contribution >= 0.6 is 0 Å². The summed E-state index contributed by atoms with van der Waals surface area (Å²) >= 11 is 0. The first-order chi connectivity index (χ1) is 10.6. The number of aryl methyl sites for hydroxylation is 2. The standard InChI is InChI=1S/C17H20N2O3/c1-12-10-15(13(2)22-12)17(21)18-9-8-16(20)19-11-14-6-4-3-5-7-14/h3-7,10H,8-9,11H2,1-2H3,(H,18,21)(H,19,20). The van der Waals surface area contributed by atoms with Crippen LogP contribution in [0, 0.1) is 13.8 Å². The van der Waals surface area contributed by atoms with Crippen LogP contribution in [0.1, 0.15) is 33.9 Å². The second kappa shape index (κ2) is 7.45. The van der Waals surface area contributed by atoms with Crippen molar-refractivity contribution in [2.24, 2.45) is 0 Å². The van der Waals surface area contributed by atoms with E-state index >= 15 is 0 Å². The quantitative estimate of drug-likeness (QED) is 0.860. The molecule has 5 heteroatoms. The highest BCUT2D eigenvalue weighted by Crippen LogP contribution is 2.13. The molecule has 1 heterocycles. The van der Waals surface area contributed by atoms with Gasteiger partial charge in [-0.3, -0.25) is 9.59 Å². The first kappa shape index (κ1) is 15.8. The molecule has 0 unspecified atom stereocenters. The Balaban J connectivity index is 1.71. The maximum absolute atomic E-state index is 11.9. The topological polar surface area (TPSA) is 71.3 Å². The highest BCUT2D eigenvalue weighted by Gasteiger charge is 2.13. The molecule has 0 bridgehead atoms. The monoisotopic (exact) mass is 300 g/mol. The molecule has 116 valence electrons. The molecular formula is C17H20N2O3. The van der Waals surface area contributed by atoms with E-state index in [0.29, 0.717) is 30.2 Å². The third-order valence-electron chi connectivity index (χ3n) is 3.26. The maximum atomic E-state index is 11.9. The summed E-state index contributed by atoms with van der Waals surface area (Å²) in [7, 11) is 0. The molecule has 0 aliphatic carbocycles. The summed E-state index contributed by atoms with van der Waals surface area (Å²) in [6.45, 7) is 4.33. The second-order valence-corrected chi connectivity index (χ2v) is 5.10. The van der Waals surface area contributed by atoms with Gasteiger partial charge in [-0.2, -0.15) is 0 Å². The average Bonchev–Trinajstić information content (AvgIpc) is 2.85. The van der Waals surface area contributed by atoms with Crippen molar-refractivity contribution >= 4 is 11.8 Å². The Bertz CT molecular complexity index is 647. The van der Waals surface area contributed by atoms with E-state index in [-0.39, 0.29) is 18.2 Å². The number of benzene rings is 1. The molecule has 0 spiro atoms. The van der Waals surface area contributed by atoms with Crippen LogP contribution in [0.2, 0.25) is 0 Å². The van der Waals surface area contributed by atoms with Crippen molar-refractivity contribution in [3.63, 3.8) is 0 Å². The van der Waals surface area contributed by atoms with Crippen LogP contribution in [-0.4, -0.2) is 18.4 Å². The smallest absolute Gasteiger partial charge is 0.254 e. The Hall–Kier alpha value is -2.56.